The van der Waals surface area contributed by atoms with E-state index in [9.17, 15) is 14.4 Å². The predicted octanol–water partition coefficient (Wildman–Crippen LogP) is 2.15. The highest BCUT2D eigenvalue weighted by molar-refractivity contribution is 7.80. The highest BCUT2D eigenvalue weighted by Crippen LogP contribution is 2.26. The van der Waals surface area contributed by atoms with E-state index in [0.717, 1.165) is 10.5 Å². The lowest BCUT2D eigenvalue weighted by Gasteiger charge is -2.29. The Morgan fingerprint density at radius 3 is 2.43 bits per heavy atom. The molecule has 0 aromatic heterocycles. The fourth-order valence-corrected chi connectivity index (χ4v) is 3.65. The fraction of sp³-hybridized carbons (Fsp3) is 0.273. The average molecular weight is 426 g/mol. The minimum atomic E-state index is -0.679. The normalized spacial score (nSPS) is 15.8. The molecule has 0 saturated carbocycles. The van der Waals surface area contributed by atoms with Crippen LogP contribution in [-0.4, -0.2) is 54.5 Å². The first-order valence-corrected chi connectivity index (χ1v) is 9.94. The lowest BCUT2D eigenvalue weighted by Crippen LogP contribution is -2.49. The molecule has 1 fully saturated rings. The van der Waals surface area contributed by atoms with Gasteiger partial charge in [0.2, 0.25) is 5.91 Å². The molecule has 156 valence electrons. The summed E-state index contributed by atoms with van der Waals surface area (Å²) in [6, 6.07) is 15.4. The number of nitrogens with zero attached hydrogens (tertiary/aromatic N) is 2. The number of imide groups is 1. The third-order valence-electron chi connectivity index (χ3n) is 5.00. The van der Waals surface area contributed by atoms with E-state index < -0.39 is 12.0 Å². The van der Waals surface area contributed by atoms with Crippen LogP contribution in [0.3, 0.4) is 0 Å². The van der Waals surface area contributed by atoms with Crippen LogP contribution in [0.5, 0.6) is 0 Å². The van der Waals surface area contributed by atoms with Gasteiger partial charge in [0.15, 0.2) is 5.11 Å². The van der Waals surface area contributed by atoms with Gasteiger partial charge in [-0.2, -0.15) is 0 Å². The van der Waals surface area contributed by atoms with Crippen molar-refractivity contribution in [2.24, 2.45) is 0 Å². The number of thiocarbonyl (C=S) groups is 1. The van der Waals surface area contributed by atoms with E-state index >= 15 is 0 Å². The van der Waals surface area contributed by atoms with Crippen LogP contribution in [0.2, 0.25) is 0 Å². The van der Waals surface area contributed by atoms with E-state index in [1.807, 2.05) is 30.3 Å². The predicted molar refractivity (Wildman–Crippen MR) is 117 cm³/mol. The van der Waals surface area contributed by atoms with Crippen LogP contribution in [-0.2, 0) is 20.7 Å². The van der Waals surface area contributed by atoms with E-state index in [1.165, 1.54) is 19.2 Å². The Labute approximate surface area is 180 Å². The fourth-order valence-electron chi connectivity index (χ4n) is 3.43. The number of hydrogen-bond donors (Lipinski definition) is 1. The Hall–Kier alpha value is -3.26. The molecule has 1 N–H and O–H groups in total. The third-order valence-corrected chi connectivity index (χ3v) is 5.44. The molecule has 2 aromatic carbocycles. The molecule has 1 saturated heterocycles. The topological polar surface area (TPSA) is 79.0 Å². The first kappa shape index (κ1) is 21.4. The Balaban J connectivity index is 1.79. The van der Waals surface area contributed by atoms with Gasteiger partial charge in [0.25, 0.3) is 5.91 Å². The van der Waals surface area contributed by atoms with Crippen LogP contribution in [0.4, 0.5) is 5.69 Å². The zero-order valence-corrected chi connectivity index (χ0v) is 17.6. The molecule has 2 aromatic rings. The van der Waals surface area contributed by atoms with Crippen molar-refractivity contribution in [1.29, 1.82) is 0 Å². The summed E-state index contributed by atoms with van der Waals surface area (Å²) in [5.41, 5.74) is 1.88. The molecule has 8 heteroatoms. The van der Waals surface area contributed by atoms with Crippen molar-refractivity contribution < 1.29 is 19.1 Å². The first-order valence-electron chi connectivity index (χ1n) is 9.53. The molecule has 3 rings (SSSR count). The second-order valence-electron chi connectivity index (χ2n) is 6.81. The summed E-state index contributed by atoms with van der Waals surface area (Å²) in [7, 11) is 2.99. The van der Waals surface area contributed by atoms with Gasteiger partial charge in [0, 0.05) is 13.6 Å². The molecule has 2 amide bonds. The summed E-state index contributed by atoms with van der Waals surface area (Å²) < 4.78 is 4.68. The standard InChI is InChI=1S/C22H23N3O4S/c1-23-22(30)24(13-12-15-6-4-3-5-7-15)18-14-19(26)25(20(18)27)17-10-8-16(9-11-17)21(28)29-2/h3-11,18H,12-14H2,1-2H3,(H,23,30). The van der Waals surface area contributed by atoms with Crippen molar-refractivity contribution in [2.75, 3.05) is 25.6 Å². The average Bonchev–Trinajstić information content (AvgIpc) is 3.07. The lowest BCUT2D eigenvalue weighted by molar-refractivity contribution is -0.122. The molecule has 0 spiro atoms. The Kier molecular flexibility index (Phi) is 6.79. The maximum Gasteiger partial charge on any atom is 0.337 e. The maximum absolute atomic E-state index is 13.1. The molecule has 1 unspecified atom stereocenters. The van der Waals surface area contributed by atoms with Crippen molar-refractivity contribution in [1.82, 2.24) is 10.2 Å². The first-order chi connectivity index (χ1) is 14.5. The zero-order chi connectivity index (χ0) is 21.7. The number of anilines is 1. The maximum atomic E-state index is 13.1. The number of amides is 2. The summed E-state index contributed by atoms with van der Waals surface area (Å²) in [5, 5.41) is 3.34. The number of esters is 1. The minimum absolute atomic E-state index is 0.0359. The molecule has 0 aliphatic carbocycles. The van der Waals surface area contributed by atoms with E-state index in [0.29, 0.717) is 29.3 Å². The summed E-state index contributed by atoms with van der Waals surface area (Å²) in [5.74, 6) is -1.12. The second-order valence-corrected chi connectivity index (χ2v) is 7.20. The summed E-state index contributed by atoms with van der Waals surface area (Å²) in [6.45, 7) is 0.502. The van der Waals surface area contributed by atoms with Crippen LogP contribution in [0.25, 0.3) is 0 Å². The molecule has 1 atom stereocenters. The van der Waals surface area contributed by atoms with E-state index in [2.05, 4.69) is 10.1 Å². The number of methoxy groups -OCH3 is 1. The quantitative estimate of drug-likeness (QED) is 0.432. The van der Waals surface area contributed by atoms with Crippen LogP contribution in [0, 0.1) is 0 Å². The highest BCUT2D eigenvalue weighted by atomic mass is 32.1. The SMILES string of the molecule is CNC(=S)N(CCc1ccccc1)C1CC(=O)N(c2ccc(C(=O)OC)cc2)C1=O. The largest absolute Gasteiger partial charge is 0.465 e. The zero-order valence-electron chi connectivity index (χ0n) is 16.8. The van der Waals surface area contributed by atoms with Crippen LogP contribution < -0.4 is 10.2 Å². The van der Waals surface area contributed by atoms with Crippen LogP contribution in [0.15, 0.2) is 54.6 Å². The van der Waals surface area contributed by atoms with Crippen molar-refractivity contribution in [3.8, 4) is 0 Å². The van der Waals surface area contributed by atoms with Gasteiger partial charge >= 0.3 is 5.97 Å². The summed E-state index contributed by atoms with van der Waals surface area (Å²) >= 11 is 5.42. The number of benzene rings is 2. The minimum Gasteiger partial charge on any atom is -0.465 e. The van der Waals surface area contributed by atoms with Crippen molar-refractivity contribution in [2.45, 2.75) is 18.9 Å². The number of rotatable bonds is 6. The van der Waals surface area contributed by atoms with Gasteiger partial charge < -0.3 is 15.0 Å². The molecule has 0 radical (unpaired) electrons. The number of carbonyl (C=O) groups is 3. The monoisotopic (exact) mass is 425 g/mol. The van der Waals surface area contributed by atoms with Crippen LogP contribution in [0.1, 0.15) is 22.3 Å². The Morgan fingerprint density at radius 1 is 1.17 bits per heavy atom. The van der Waals surface area contributed by atoms with Gasteiger partial charge in [0.1, 0.15) is 6.04 Å². The molecular formula is C22H23N3O4S. The van der Waals surface area contributed by atoms with Gasteiger partial charge in [-0.25, -0.2) is 9.69 Å². The van der Waals surface area contributed by atoms with Crippen molar-refractivity contribution in [3.63, 3.8) is 0 Å². The smallest absolute Gasteiger partial charge is 0.337 e. The molecule has 7 nitrogen and oxygen atoms in total. The molecule has 1 aliphatic heterocycles. The van der Waals surface area contributed by atoms with Gasteiger partial charge in [0.05, 0.1) is 24.8 Å². The van der Waals surface area contributed by atoms with Gasteiger partial charge in [-0.1, -0.05) is 30.3 Å². The van der Waals surface area contributed by atoms with E-state index in [4.69, 9.17) is 12.2 Å². The lowest BCUT2D eigenvalue weighted by atomic mass is 10.1. The summed E-state index contributed by atoms with van der Waals surface area (Å²) in [4.78, 5) is 40.4. The molecular weight excluding hydrogens is 402 g/mol. The molecule has 1 aliphatic rings. The third kappa shape index (κ3) is 4.49. The molecule has 1 heterocycles. The van der Waals surface area contributed by atoms with Crippen molar-refractivity contribution in [3.05, 3.63) is 65.7 Å². The Morgan fingerprint density at radius 2 is 1.83 bits per heavy atom. The Bertz CT molecular complexity index is 947. The summed E-state index contributed by atoms with van der Waals surface area (Å²) in [6.07, 6.45) is 0.725. The van der Waals surface area contributed by atoms with Gasteiger partial charge in [-0.15, -0.1) is 0 Å². The number of nitrogens with one attached hydrogen (secondary N) is 1. The number of carbonyl (C=O) groups excluding carboxylic acids is 3. The molecule has 30 heavy (non-hydrogen) atoms. The second kappa shape index (κ2) is 9.49. The highest BCUT2D eigenvalue weighted by Gasteiger charge is 2.43. The number of ether oxygens (including phenoxy) is 1. The van der Waals surface area contributed by atoms with Gasteiger partial charge in [-0.3, -0.25) is 9.59 Å². The van der Waals surface area contributed by atoms with Gasteiger partial charge in [-0.05, 0) is 48.5 Å². The number of hydrogen-bond acceptors (Lipinski definition) is 5. The van der Waals surface area contributed by atoms with Crippen LogP contribution >= 0.6 is 12.2 Å². The molecule has 0 bridgehead atoms. The van der Waals surface area contributed by atoms with Crippen molar-refractivity contribution >= 4 is 40.8 Å². The van der Waals surface area contributed by atoms with E-state index in [-0.39, 0.29) is 18.2 Å². The van der Waals surface area contributed by atoms with E-state index in [1.54, 1.807) is 24.1 Å².